The van der Waals surface area contributed by atoms with E-state index in [1.165, 1.54) is 56.7 Å². The predicted molar refractivity (Wildman–Crippen MR) is 146 cm³/mol. The van der Waals surface area contributed by atoms with Crippen molar-refractivity contribution in [2.45, 2.75) is 99.5 Å². The van der Waals surface area contributed by atoms with Gasteiger partial charge in [-0.1, -0.05) is 94.2 Å². The normalized spacial score (nSPS) is 32.9. The van der Waals surface area contributed by atoms with E-state index in [4.69, 9.17) is 0 Å². The molecule has 0 heterocycles. The molecule has 4 unspecified atom stereocenters. The van der Waals surface area contributed by atoms with Gasteiger partial charge in [0.05, 0.1) is 6.10 Å². The number of fused-ring (bicyclic) bond motifs is 1. The first-order valence-corrected chi connectivity index (χ1v) is 12.4. The molecule has 3 aliphatic rings. The summed E-state index contributed by atoms with van der Waals surface area (Å²) in [6.07, 6.45) is 17.4. The summed E-state index contributed by atoms with van der Waals surface area (Å²) in [6, 6.07) is 0. The maximum Gasteiger partial charge on any atom is 0.0583 e. The van der Waals surface area contributed by atoms with Crippen LogP contribution < -0.4 is 5.73 Å². The molecule has 0 saturated heterocycles. The van der Waals surface area contributed by atoms with Crippen molar-refractivity contribution in [3.05, 3.63) is 45.6 Å². The number of nitrogens with two attached hydrogens (primary N) is 1. The lowest BCUT2D eigenvalue weighted by Gasteiger charge is -2.42. The minimum Gasteiger partial charge on any atom is -0.393 e. The number of halogens is 1. The molecule has 0 amide bonds. The van der Waals surface area contributed by atoms with E-state index in [-0.39, 0.29) is 21.0 Å². The minimum absolute atomic E-state index is 0. The van der Waals surface area contributed by atoms with Crippen molar-refractivity contribution in [1.82, 2.24) is 0 Å². The second-order valence-corrected chi connectivity index (χ2v) is 8.94. The lowest BCUT2D eigenvalue weighted by atomic mass is 9.63. The van der Waals surface area contributed by atoms with Crippen LogP contribution in [0, 0.1) is 17.3 Å². The number of aliphatic hydroxyl groups excluding tert-OH is 1. The van der Waals surface area contributed by atoms with Gasteiger partial charge >= 0.3 is 0 Å². The summed E-state index contributed by atoms with van der Waals surface area (Å²) in [5.74, 6) is 1.61. The standard InChI is InChI=1S/C22H31IO.C2H6.CH5N.2CH4/c1-16-7-11-20(24)15-18(16)9-8-17-5-3-13-22(2)19(6-4-14-23)10-12-21(17)22;2*1-2;;/h4,8-9,14,19-21,24H,1,3,5-7,10-13,15H2,2H3;1-2H3;2H2,1H3;2*1H4/b14-4+,17-8+,18-9+;;;;. The number of hydrogen-bond acceptors (Lipinski definition) is 2. The van der Waals surface area contributed by atoms with Crippen LogP contribution in [0.5, 0.6) is 0 Å². The lowest BCUT2D eigenvalue weighted by Crippen LogP contribution is -2.33. The van der Waals surface area contributed by atoms with Crippen molar-refractivity contribution in [3.8, 4) is 0 Å². The molecule has 0 aromatic heterocycles. The molecule has 3 rings (SSSR count). The molecule has 3 fully saturated rings. The molecule has 3 N–H and O–H groups in total. The molecule has 0 radical (unpaired) electrons. The van der Waals surface area contributed by atoms with Crippen LogP contribution in [0.15, 0.2) is 45.6 Å². The van der Waals surface area contributed by atoms with Gasteiger partial charge in [-0.2, -0.15) is 0 Å². The van der Waals surface area contributed by atoms with Gasteiger partial charge in [-0.3, -0.25) is 0 Å². The third-order valence-electron chi connectivity index (χ3n) is 6.86. The minimum atomic E-state index is -0.173. The number of hydrogen-bond donors (Lipinski definition) is 2. The van der Waals surface area contributed by atoms with Crippen LogP contribution in [-0.4, -0.2) is 18.3 Å². The van der Waals surface area contributed by atoms with Crippen molar-refractivity contribution in [2.24, 2.45) is 23.0 Å². The monoisotopic (exact) mass is 531 g/mol. The summed E-state index contributed by atoms with van der Waals surface area (Å²) in [5, 5.41) is 9.93. The molecule has 4 atom stereocenters. The van der Waals surface area contributed by atoms with Gasteiger partial charge in [0.1, 0.15) is 0 Å². The third-order valence-corrected chi connectivity index (χ3v) is 7.37. The molecule has 0 aromatic rings. The van der Waals surface area contributed by atoms with Gasteiger partial charge in [-0.25, -0.2) is 0 Å². The molecule has 0 spiro atoms. The fourth-order valence-corrected chi connectivity index (χ4v) is 5.64. The van der Waals surface area contributed by atoms with Crippen LogP contribution >= 0.6 is 22.6 Å². The Morgan fingerprint density at radius 3 is 2.43 bits per heavy atom. The zero-order valence-electron chi connectivity index (χ0n) is 18.5. The van der Waals surface area contributed by atoms with E-state index in [1.54, 1.807) is 5.57 Å². The maximum atomic E-state index is 9.93. The molecular weight excluding hydrogens is 481 g/mol. The Morgan fingerprint density at radius 2 is 1.80 bits per heavy atom. The van der Waals surface area contributed by atoms with Crippen LogP contribution in [-0.2, 0) is 0 Å². The van der Waals surface area contributed by atoms with Crippen molar-refractivity contribution in [2.75, 3.05) is 7.05 Å². The summed E-state index contributed by atoms with van der Waals surface area (Å²) in [7, 11) is 1.50. The van der Waals surface area contributed by atoms with E-state index in [0.717, 1.165) is 31.1 Å². The molecule has 3 heteroatoms. The average Bonchev–Trinajstić information content (AvgIpc) is 3.06. The van der Waals surface area contributed by atoms with Crippen molar-refractivity contribution < 1.29 is 5.11 Å². The average molecular weight is 532 g/mol. The molecule has 176 valence electrons. The lowest BCUT2D eigenvalue weighted by molar-refractivity contribution is 0.137. The van der Waals surface area contributed by atoms with Crippen LogP contribution in [0.4, 0.5) is 0 Å². The highest BCUT2D eigenvalue weighted by Gasteiger charge is 2.48. The van der Waals surface area contributed by atoms with Gasteiger partial charge in [0, 0.05) is 0 Å². The molecular formula is C27H50INO. The SMILES string of the molecule is C.C.C=C1CCC(O)C/C1=C\C=C1/CCCC2(C)C(C/C=C/I)CCC12.CC.CN. The quantitative estimate of drug-likeness (QED) is 0.360. The third kappa shape index (κ3) is 7.94. The zero-order valence-corrected chi connectivity index (χ0v) is 20.7. The molecule has 3 aliphatic carbocycles. The van der Waals surface area contributed by atoms with E-state index in [2.05, 4.69) is 64.1 Å². The summed E-state index contributed by atoms with van der Waals surface area (Å²) < 4.78 is 2.18. The fourth-order valence-electron chi connectivity index (χ4n) is 5.34. The second kappa shape index (κ2) is 16.3. The van der Waals surface area contributed by atoms with Crippen LogP contribution in [0.1, 0.15) is 93.4 Å². The van der Waals surface area contributed by atoms with Gasteiger partial charge in [0.15, 0.2) is 0 Å². The van der Waals surface area contributed by atoms with Gasteiger partial charge in [-0.05, 0) is 91.7 Å². The molecule has 2 nitrogen and oxygen atoms in total. The number of aliphatic hydroxyl groups is 1. The van der Waals surface area contributed by atoms with Gasteiger partial charge in [0.2, 0.25) is 0 Å². The predicted octanol–water partition coefficient (Wildman–Crippen LogP) is 8.37. The second-order valence-electron chi connectivity index (χ2n) is 8.22. The highest BCUT2D eigenvalue weighted by Crippen LogP contribution is 2.58. The van der Waals surface area contributed by atoms with Crippen molar-refractivity contribution in [1.29, 1.82) is 0 Å². The Hall–Kier alpha value is -0.390. The zero-order chi connectivity index (χ0) is 21.2. The Labute approximate surface area is 202 Å². The van der Waals surface area contributed by atoms with Crippen LogP contribution in [0.3, 0.4) is 0 Å². The maximum absolute atomic E-state index is 9.93. The Bertz CT molecular complexity index is 577. The molecule has 0 bridgehead atoms. The largest absolute Gasteiger partial charge is 0.393 e. The topological polar surface area (TPSA) is 46.2 Å². The highest BCUT2D eigenvalue weighted by molar-refractivity contribution is 14.1. The van der Waals surface area contributed by atoms with Crippen molar-refractivity contribution >= 4 is 22.6 Å². The van der Waals surface area contributed by atoms with Crippen molar-refractivity contribution in [3.63, 3.8) is 0 Å². The highest BCUT2D eigenvalue weighted by atomic mass is 127. The van der Waals surface area contributed by atoms with Gasteiger partial charge in [0.25, 0.3) is 0 Å². The van der Waals surface area contributed by atoms with Gasteiger partial charge in [-0.15, -0.1) is 0 Å². The number of allylic oxidation sites excluding steroid dienone is 5. The summed E-state index contributed by atoms with van der Waals surface area (Å²) in [4.78, 5) is 0. The molecule has 30 heavy (non-hydrogen) atoms. The molecule has 3 saturated carbocycles. The Kier molecular flexibility index (Phi) is 17.2. The van der Waals surface area contributed by atoms with E-state index < -0.39 is 0 Å². The Morgan fingerprint density at radius 1 is 1.13 bits per heavy atom. The van der Waals surface area contributed by atoms with E-state index in [0.29, 0.717) is 5.41 Å². The number of rotatable bonds is 3. The van der Waals surface area contributed by atoms with E-state index in [9.17, 15) is 5.11 Å². The first kappa shape index (κ1) is 31.8. The Balaban J connectivity index is 0. The fraction of sp³-hybridized carbons (Fsp3) is 0.704. The summed E-state index contributed by atoms with van der Waals surface area (Å²) in [6.45, 7) is 10.7. The summed E-state index contributed by atoms with van der Waals surface area (Å²) in [5.41, 5.74) is 9.15. The van der Waals surface area contributed by atoms with Crippen LogP contribution in [0.25, 0.3) is 0 Å². The van der Waals surface area contributed by atoms with E-state index in [1.807, 2.05) is 13.8 Å². The van der Waals surface area contributed by atoms with Crippen LogP contribution in [0.2, 0.25) is 0 Å². The smallest absolute Gasteiger partial charge is 0.0583 e. The van der Waals surface area contributed by atoms with E-state index >= 15 is 0 Å². The summed E-state index contributed by atoms with van der Waals surface area (Å²) >= 11 is 2.34. The molecule has 0 aromatic carbocycles. The first-order chi connectivity index (χ1) is 13.5. The molecule has 0 aliphatic heterocycles. The van der Waals surface area contributed by atoms with Gasteiger partial charge < -0.3 is 10.8 Å². The first-order valence-electron chi connectivity index (χ1n) is 11.1.